The normalized spacial score (nSPS) is 11.1. The molecule has 3 aromatic heterocycles. The van der Waals surface area contributed by atoms with Crippen molar-refractivity contribution in [1.82, 2.24) is 9.55 Å². The van der Waals surface area contributed by atoms with Crippen LogP contribution in [0.25, 0.3) is 10.2 Å². The molecule has 0 aliphatic heterocycles. The van der Waals surface area contributed by atoms with E-state index in [2.05, 4.69) is 16.4 Å². The number of hydrogen-bond acceptors (Lipinski definition) is 7. The molecule has 4 rings (SSSR count). The number of nitrogens with one attached hydrogen (secondary N) is 1. The molecule has 1 amide bonds. The first-order valence-electron chi connectivity index (χ1n) is 9.21. The molecule has 1 N–H and O–H groups in total. The SMILES string of the molecule is CSc1cccc(NC(=O)CSc2nc3ccsc3c(=O)n2CCc2cccs2)c1. The lowest BCUT2D eigenvalue weighted by atomic mass is 10.3. The summed E-state index contributed by atoms with van der Waals surface area (Å²) in [5.74, 6) is 0.0626. The Bertz CT molecular complexity index is 1210. The number of amides is 1. The van der Waals surface area contributed by atoms with E-state index in [1.54, 1.807) is 27.7 Å². The first-order chi connectivity index (χ1) is 14.6. The van der Waals surface area contributed by atoms with Gasteiger partial charge >= 0.3 is 0 Å². The quantitative estimate of drug-likeness (QED) is 0.281. The molecular formula is C21H19N3O2S4. The second kappa shape index (κ2) is 9.82. The van der Waals surface area contributed by atoms with Crippen LogP contribution < -0.4 is 10.9 Å². The van der Waals surface area contributed by atoms with Crippen LogP contribution in [0.3, 0.4) is 0 Å². The van der Waals surface area contributed by atoms with Crippen molar-refractivity contribution in [2.24, 2.45) is 0 Å². The number of thioether (sulfide) groups is 2. The lowest BCUT2D eigenvalue weighted by molar-refractivity contribution is -0.113. The van der Waals surface area contributed by atoms with Gasteiger partial charge in [0.2, 0.25) is 5.91 Å². The highest BCUT2D eigenvalue weighted by atomic mass is 32.2. The number of thiophene rings is 2. The third-order valence-corrected chi connectivity index (χ3v) is 7.91. The number of aromatic nitrogens is 2. The van der Waals surface area contributed by atoms with Gasteiger partial charge in [-0.2, -0.15) is 0 Å². The molecule has 0 aliphatic carbocycles. The van der Waals surface area contributed by atoms with E-state index in [4.69, 9.17) is 0 Å². The summed E-state index contributed by atoms with van der Waals surface area (Å²) in [6.45, 7) is 0.542. The van der Waals surface area contributed by atoms with Crippen molar-refractivity contribution >= 4 is 68.0 Å². The van der Waals surface area contributed by atoms with Crippen molar-refractivity contribution in [2.75, 3.05) is 17.3 Å². The van der Waals surface area contributed by atoms with Crippen LogP contribution in [0, 0.1) is 0 Å². The fraction of sp³-hybridized carbons (Fsp3) is 0.190. The minimum atomic E-state index is -0.122. The molecule has 30 heavy (non-hydrogen) atoms. The van der Waals surface area contributed by atoms with Gasteiger partial charge in [-0.25, -0.2) is 4.98 Å². The van der Waals surface area contributed by atoms with Crippen molar-refractivity contribution in [1.29, 1.82) is 0 Å². The lowest BCUT2D eigenvalue weighted by Crippen LogP contribution is -2.24. The minimum Gasteiger partial charge on any atom is -0.325 e. The first-order valence-corrected chi connectivity index (χ1v) is 13.2. The van der Waals surface area contributed by atoms with Crippen LogP contribution in [0.1, 0.15) is 4.88 Å². The standard InChI is InChI=1S/C21H19N3O2S4/c1-27-16-5-2-4-14(12-16)22-18(25)13-30-21-23-17-8-11-29-19(17)20(26)24(21)9-7-15-6-3-10-28-15/h2-6,8,10-12H,7,9,13H2,1H3,(H,22,25). The van der Waals surface area contributed by atoms with Crippen molar-refractivity contribution in [3.05, 3.63) is 68.5 Å². The number of nitrogens with zero attached hydrogens (tertiary/aromatic N) is 2. The highest BCUT2D eigenvalue weighted by molar-refractivity contribution is 7.99. The molecule has 0 radical (unpaired) electrons. The summed E-state index contributed by atoms with van der Waals surface area (Å²) >= 11 is 6.01. The van der Waals surface area contributed by atoms with E-state index in [0.29, 0.717) is 21.9 Å². The second-order valence-electron chi connectivity index (χ2n) is 6.38. The van der Waals surface area contributed by atoms with Crippen LogP contribution in [0.4, 0.5) is 5.69 Å². The third kappa shape index (κ3) is 4.97. The molecule has 0 saturated carbocycles. The molecule has 0 atom stereocenters. The summed E-state index contributed by atoms with van der Waals surface area (Å²) in [6.07, 6.45) is 2.76. The molecule has 9 heteroatoms. The zero-order chi connectivity index (χ0) is 20.9. The maximum Gasteiger partial charge on any atom is 0.272 e. The molecule has 0 spiro atoms. The smallest absolute Gasteiger partial charge is 0.272 e. The van der Waals surface area contributed by atoms with Gasteiger partial charge in [-0.3, -0.25) is 14.2 Å². The third-order valence-electron chi connectivity index (χ3n) is 4.38. The predicted molar refractivity (Wildman–Crippen MR) is 129 cm³/mol. The van der Waals surface area contributed by atoms with Crippen LogP contribution in [0.5, 0.6) is 0 Å². The highest BCUT2D eigenvalue weighted by Gasteiger charge is 2.14. The van der Waals surface area contributed by atoms with Crippen molar-refractivity contribution in [3.8, 4) is 0 Å². The summed E-state index contributed by atoms with van der Waals surface area (Å²) in [4.78, 5) is 32.5. The van der Waals surface area contributed by atoms with Gasteiger partial charge in [0, 0.05) is 22.0 Å². The van der Waals surface area contributed by atoms with Crippen LogP contribution in [0.15, 0.2) is 68.1 Å². The fourth-order valence-electron chi connectivity index (χ4n) is 2.94. The number of rotatable bonds is 8. The van der Waals surface area contributed by atoms with Crippen LogP contribution in [-0.4, -0.2) is 27.5 Å². The molecular weight excluding hydrogens is 455 g/mol. The van der Waals surface area contributed by atoms with Gasteiger partial charge in [0.05, 0.1) is 11.3 Å². The number of anilines is 1. The summed E-state index contributed by atoms with van der Waals surface area (Å²) in [7, 11) is 0. The van der Waals surface area contributed by atoms with Crippen molar-refractivity contribution < 1.29 is 4.79 Å². The minimum absolute atomic E-state index is 0.0397. The zero-order valence-corrected chi connectivity index (χ0v) is 19.4. The zero-order valence-electron chi connectivity index (χ0n) is 16.2. The first kappa shape index (κ1) is 21.2. The van der Waals surface area contributed by atoms with E-state index in [-0.39, 0.29) is 17.2 Å². The van der Waals surface area contributed by atoms with E-state index in [9.17, 15) is 9.59 Å². The number of aryl methyl sites for hydroxylation is 1. The maximum absolute atomic E-state index is 13.0. The molecule has 0 unspecified atom stereocenters. The summed E-state index contributed by atoms with van der Waals surface area (Å²) in [6, 6.07) is 13.7. The van der Waals surface area contributed by atoms with E-state index >= 15 is 0 Å². The summed E-state index contributed by atoms with van der Waals surface area (Å²) in [5, 5.41) is 7.41. The topological polar surface area (TPSA) is 64.0 Å². The van der Waals surface area contributed by atoms with Gasteiger partial charge in [-0.15, -0.1) is 34.4 Å². The van der Waals surface area contributed by atoms with Gasteiger partial charge in [-0.1, -0.05) is 23.9 Å². The second-order valence-corrected chi connectivity index (χ2v) is 10.2. The number of carbonyl (C=O) groups is 1. The molecule has 0 aliphatic rings. The van der Waals surface area contributed by atoms with Crippen LogP contribution in [0.2, 0.25) is 0 Å². The Hall–Kier alpha value is -2.07. The Morgan fingerprint density at radius 2 is 2.07 bits per heavy atom. The summed E-state index contributed by atoms with van der Waals surface area (Å²) in [5.41, 5.74) is 1.42. The van der Waals surface area contributed by atoms with Gasteiger partial charge in [0.15, 0.2) is 5.16 Å². The number of carbonyl (C=O) groups excluding carboxylic acids is 1. The average Bonchev–Trinajstić information content (AvgIpc) is 3.44. The number of hydrogen-bond donors (Lipinski definition) is 1. The molecule has 5 nitrogen and oxygen atoms in total. The van der Waals surface area contributed by atoms with E-state index in [1.165, 1.54) is 28.0 Å². The molecule has 4 aromatic rings. The van der Waals surface area contributed by atoms with Crippen LogP contribution >= 0.6 is 46.2 Å². The molecule has 0 bridgehead atoms. The Morgan fingerprint density at radius 3 is 2.87 bits per heavy atom. The molecule has 1 aromatic carbocycles. The average molecular weight is 474 g/mol. The van der Waals surface area contributed by atoms with Crippen LogP contribution in [-0.2, 0) is 17.8 Å². The van der Waals surface area contributed by atoms with E-state index < -0.39 is 0 Å². The Labute approximate surface area is 190 Å². The largest absolute Gasteiger partial charge is 0.325 e. The number of fused-ring (bicyclic) bond motifs is 1. The predicted octanol–water partition coefficient (Wildman–Crippen LogP) is 5.21. The van der Waals surface area contributed by atoms with Gasteiger partial charge in [0.25, 0.3) is 5.56 Å². The van der Waals surface area contributed by atoms with E-state index in [1.807, 2.05) is 53.4 Å². The van der Waals surface area contributed by atoms with Crippen molar-refractivity contribution in [3.63, 3.8) is 0 Å². The summed E-state index contributed by atoms with van der Waals surface area (Å²) < 4.78 is 2.36. The lowest BCUT2D eigenvalue weighted by Gasteiger charge is -2.12. The monoisotopic (exact) mass is 473 g/mol. The molecule has 0 saturated heterocycles. The van der Waals surface area contributed by atoms with Gasteiger partial charge in [0.1, 0.15) is 4.70 Å². The number of benzene rings is 1. The molecule has 3 heterocycles. The highest BCUT2D eigenvalue weighted by Crippen LogP contribution is 2.23. The van der Waals surface area contributed by atoms with Gasteiger partial charge in [-0.05, 0) is 53.8 Å². The fourth-order valence-corrected chi connectivity index (χ4v) is 5.70. The Kier molecular flexibility index (Phi) is 6.93. The van der Waals surface area contributed by atoms with Crippen molar-refractivity contribution in [2.45, 2.75) is 23.0 Å². The molecule has 154 valence electrons. The Morgan fingerprint density at radius 1 is 1.17 bits per heavy atom. The van der Waals surface area contributed by atoms with E-state index in [0.717, 1.165) is 17.0 Å². The maximum atomic E-state index is 13.0. The molecule has 0 fully saturated rings. The Balaban J connectivity index is 1.51. The van der Waals surface area contributed by atoms with Gasteiger partial charge < -0.3 is 5.32 Å².